The van der Waals surface area contributed by atoms with E-state index in [4.69, 9.17) is 10.5 Å². The number of carbonyl (C=O) groups excluding carboxylic acids is 1. The molecule has 0 aromatic carbocycles. The Hall–Kier alpha value is -1.36. The maximum absolute atomic E-state index is 10.5. The molecule has 1 saturated heterocycles. The zero-order chi connectivity index (χ0) is 9.97. The SMILES string of the molecule is Nc1cn(C2CCCCO2)nc1C=O. The van der Waals surface area contributed by atoms with Crippen LogP contribution in [0.3, 0.4) is 0 Å². The van der Waals surface area contributed by atoms with Crippen molar-refractivity contribution in [3.63, 3.8) is 0 Å². The van der Waals surface area contributed by atoms with Crippen molar-refractivity contribution in [1.82, 2.24) is 9.78 Å². The summed E-state index contributed by atoms with van der Waals surface area (Å²) in [6, 6.07) is 0. The van der Waals surface area contributed by atoms with Crippen molar-refractivity contribution in [2.45, 2.75) is 25.5 Å². The third-order valence-electron chi connectivity index (χ3n) is 2.35. The molecule has 0 radical (unpaired) electrons. The molecule has 2 rings (SSSR count). The lowest BCUT2D eigenvalue weighted by Gasteiger charge is -2.22. The molecule has 0 spiro atoms. The molecule has 2 heterocycles. The number of hydrogen-bond acceptors (Lipinski definition) is 4. The van der Waals surface area contributed by atoms with Gasteiger partial charge in [0.1, 0.15) is 11.9 Å². The fourth-order valence-corrected chi connectivity index (χ4v) is 1.59. The lowest BCUT2D eigenvalue weighted by Crippen LogP contribution is -2.18. The van der Waals surface area contributed by atoms with Crippen molar-refractivity contribution >= 4 is 12.0 Å². The van der Waals surface area contributed by atoms with Gasteiger partial charge in [0.25, 0.3) is 0 Å². The van der Waals surface area contributed by atoms with Crippen molar-refractivity contribution in [3.8, 4) is 0 Å². The van der Waals surface area contributed by atoms with E-state index in [0.29, 0.717) is 17.7 Å². The second-order valence-electron chi connectivity index (χ2n) is 3.39. The lowest BCUT2D eigenvalue weighted by molar-refractivity contribution is -0.0395. The Morgan fingerprint density at radius 3 is 3.07 bits per heavy atom. The standard InChI is InChI=1S/C9H13N3O2/c10-7-5-12(11-8(7)6-13)9-3-1-2-4-14-9/h5-6,9H,1-4,10H2. The molecule has 0 bridgehead atoms. The minimum absolute atomic E-state index is 0.0558. The average molecular weight is 195 g/mol. The Kier molecular flexibility index (Phi) is 2.49. The maximum Gasteiger partial charge on any atom is 0.172 e. The Morgan fingerprint density at radius 1 is 1.64 bits per heavy atom. The monoisotopic (exact) mass is 195 g/mol. The molecule has 2 N–H and O–H groups in total. The van der Waals surface area contributed by atoms with Crippen LogP contribution in [0, 0.1) is 0 Å². The molecule has 1 aliphatic rings. The summed E-state index contributed by atoms with van der Waals surface area (Å²) in [5.41, 5.74) is 6.29. The molecule has 14 heavy (non-hydrogen) atoms. The largest absolute Gasteiger partial charge is 0.396 e. The second-order valence-corrected chi connectivity index (χ2v) is 3.39. The van der Waals surface area contributed by atoms with Crippen LogP contribution in [0.1, 0.15) is 36.0 Å². The quantitative estimate of drug-likeness (QED) is 0.714. The van der Waals surface area contributed by atoms with E-state index in [0.717, 1.165) is 25.9 Å². The minimum atomic E-state index is -0.0558. The first-order valence-corrected chi connectivity index (χ1v) is 4.72. The molecule has 0 saturated carbocycles. The first-order chi connectivity index (χ1) is 6.81. The first-order valence-electron chi connectivity index (χ1n) is 4.72. The number of nitrogen functional groups attached to an aromatic ring is 1. The van der Waals surface area contributed by atoms with Crippen LogP contribution in [0.4, 0.5) is 5.69 Å². The van der Waals surface area contributed by atoms with Gasteiger partial charge in [0.2, 0.25) is 0 Å². The number of aldehydes is 1. The van der Waals surface area contributed by atoms with E-state index < -0.39 is 0 Å². The van der Waals surface area contributed by atoms with Crippen LogP contribution in [-0.4, -0.2) is 22.7 Å². The highest BCUT2D eigenvalue weighted by atomic mass is 16.5. The zero-order valence-corrected chi connectivity index (χ0v) is 7.85. The van der Waals surface area contributed by atoms with E-state index >= 15 is 0 Å². The Labute approximate surface area is 81.8 Å². The van der Waals surface area contributed by atoms with Crippen LogP contribution in [0.15, 0.2) is 6.20 Å². The van der Waals surface area contributed by atoms with Crippen LogP contribution in [0.25, 0.3) is 0 Å². The number of aromatic nitrogens is 2. The van der Waals surface area contributed by atoms with Crippen LogP contribution in [0.5, 0.6) is 0 Å². The van der Waals surface area contributed by atoms with Crippen molar-refractivity contribution in [2.24, 2.45) is 0 Å². The molecule has 1 fully saturated rings. The molecule has 1 aromatic heterocycles. The summed E-state index contributed by atoms with van der Waals surface area (Å²) in [5.74, 6) is 0. The molecule has 1 atom stereocenters. The Morgan fingerprint density at radius 2 is 2.50 bits per heavy atom. The first kappa shape index (κ1) is 9.21. The van der Waals surface area contributed by atoms with Crippen molar-refractivity contribution in [1.29, 1.82) is 0 Å². The summed E-state index contributed by atoms with van der Waals surface area (Å²) in [7, 11) is 0. The van der Waals surface area contributed by atoms with Gasteiger partial charge in [-0.15, -0.1) is 0 Å². The third kappa shape index (κ3) is 1.63. The molecular weight excluding hydrogens is 182 g/mol. The minimum Gasteiger partial charge on any atom is -0.396 e. The number of hydrogen-bond donors (Lipinski definition) is 1. The number of ether oxygens (including phenoxy) is 1. The normalized spacial score (nSPS) is 22.1. The number of nitrogens with two attached hydrogens (primary N) is 1. The van der Waals surface area contributed by atoms with Crippen LogP contribution >= 0.6 is 0 Å². The van der Waals surface area contributed by atoms with Gasteiger partial charge >= 0.3 is 0 Å². The van der Waals surface area contributed by atoms with Gasteiger partial charge in [-0.2, -0.15) is 5.10 Å². The molecule has 76 valence electrons. The summed E-state index contributed by atoms with van der Waals surface area (Å²) in [4.78, 5) is 10.5. The fraction of sp³-hybridized carbons (Fsp3) is 0.556. The van der Waals surface area contributed by atoms with Gasteiger partial charge in [-0.05, 0) is 19.3 Å². The van der Waals surface area contributed by atoms with Gasteiger partial charge in [0, 0.05) is 6.61 Å². The van der Waals surface area contributed by atoms with Crippen molar-refractivity contribution < 1.29 is 9.53 Å². The Balaban J connectivity index is 2.18. The molecule has 5 nitrogen and oxygen atoms in total. The summed E-state index contributed by atoms with van der Waals surface area (Å²) < 4.78 is 7.14. The highest BCUT2D eigenvalue weighted by Crippen LogP contribution is 2.23. The van der Waals surface area contributed by atoms with E-state index in [1.54, 1.807) is 10.9 Å². The number of nitrogens with zero attached hydrogens (tertiary/aromatic N) is 2. The van der Waals surface area contributed by atoms with Crippen molar-refractivity contribution in [2.75, 3.05) is 12.3 Å². The van der Waals surface area contributed by atoms with Crippen LogP contribution in [-0.2, 0) is 4.74 Å². The number of carbonyl (C=O) groups is 1. The molecular formula is C9H13N3O2. The van der Waals surface area contributed by atoms with E-state index in [1.807, 2.05) is 0 Å². The van der Waals surface area contributed by atoms with E-state index in [1.165, 1.54) is 0 Å². The molecule has 1 aliphatic heterocycles. The summed E-state index contributed by atoms with van der Waals surface area (Å²) in [6.45, 7) is 0.751. The molecule has 1 aromatic rings. The second kappa shape index (κ2) is 3.79. The van der Waals surface area contributed by atoms with E-state index in [2.05, 4.69) is 5.10 Å². The summed E-state index contributed by atoms with van der Waals surface area (Å²) in [5, 5.41) is 4.05. The van der Waals surface area contributed by atoms with E-state index in [9.17, 15) is 4.79 Å². The molecule has 0 aliphatic carbocycles. The van der Waals surface area contributed by atoms with Gasteiger partial charge < -0.3 is 10.5 Å². The predicted molar refractivity (Wildman–Crippen MR) is 50.9 cm³/mol. The third-order valence-corrected chi connectivity index (χ3v) is 2.35. The van der Waals surface area contributed by atoms with E-state index in [-0.39, 0.29) is 6.23 Å². The highest BCUT2D eigenvalue weighted by Gasteiger charge is 2.17. The van der Waals surface area contributed by atoms with Gasteiger partial charge in [-0.3, -0.25) is 4.79 Å². The lowest BCUT2D eigenvalue weighted by atomic mass is 10.2. The number of anilines is 1. The number of rotatable bonds is 2. The van der Waals surface area contributed by atoms with Gasteiger partial charge in [-0.1, -0.05) is 0 Å². The van der Waals surface area contributed by atoms with Gasteiger partial charge in [0.15, 0.2) is 6.29 Å². The van der Waals surface area contributed by atoms with Crippen LogP contribution in [0.2, 0.25) is 0 Å². The molecule has 0 amide bonds. The van der Waals surface area contributed by atoms with Gasteiger partial charge in [0.05, 0.1) is 11.9 Å². The maximum atomic E-state index is 10.5. The molecule has 1 unspecified atom stereocenters. The zero-order valence-electron chi connectivity index (χ0n) is 7.85. The smallest absolute Gasteiger partial charge is 0.172 e. The summed E-state index contributed by atoms with van der Waals surface area (Å²) in [6.07, 6.45) is 5.40. The predicted octanol–water partition coefficient (Wildman–Crippen LogP) is 0.977. The topological polar surface area (TPSA) is 70.1 Å². The highest BCUT2D eigenvalue weighted by molar-refractivity contribution is 5.79. The van der Waals surface area contributed by atoms with Gasteiger partial charge in [-0.25, -0.2) is 4.68 Å². The van der Waals surface area contributed by atoms with Crippen LogP contribution < -0.4 is 5.73 Å². The molecule has 5 heteroatoms. The fourth-order valence-electron chi connectivity index (χ4n) is 1.59. The Bertz CT molecular complexity index is 329. The summed E-state index contributed by atoms with van der Waals surface area (Å²) >= 11 is 0. The average Bonchev–Trinajstić information content (AvgIpc) is 2.61. The van der Waals surface area contributed by atoms with Crippen molar-refractivity contribution in [3.05, 3.63) is 11.9 Å².